The predicted molar refractivity (Wildman–Crippen MR) is 102 cm³/mol. The van der Waals surface area contributed by atoms with Gasteiger partial charge in [-0.05, 0) is 34.2 Å². The van der Waals surface area contributed by atoms with E-state index in [-0.39, 0.29) is 11.7 Å². The Bertz CT molecular complexity index is 874. The van der Waals surface area contributed by atoms with Crippen molar-refractivity contribution in [3.8, 4) is 0 Å². The van der Waals surface area contributed by atoms with Gasteiger partial charge in [-0.1, -0.05) is 69.6 Å². The van der Waals surface area contributed by atoms with E-state index in [2.05, 4.69) is 36.8 Å². The number of benzene rings is 2. The number of aromatic nitrogens is 4. The van der Waals surface area contributed by atoms with Crippen LogP contribution in [0.5, 0.6) is 0 Å². The molecule has 0 bridgehead atoms. The van der Waals surface area contributed by atoms with Crippen molar-refractivity contribution >= 4 is 50.9 Å². The minimum Gasteiger partial charge on any atom is -0.324 e. The minimum absolute atomic E-state index is 0.177. The molecule has 1 N–H and O–H groups in total. The molecule has 0 saturated carbocycles. The number of thioether (sulfide) groups is 1. The van der Waals surface area contributed by atoms with Crippen LogP contribution < -0.4 is 5.32 Å². The lowest BCUT2D eigenvalue weighted by Crippen LogP contribution is -2.15. The molecule has 0 atom stereocenters. The summed E-state index contributed by atoms with van der Waals surface area (Å²) in [6, 6.07) is 15.2. The molecule has 2 aromatic carbocycles. The molecular weight excluding hydrogens is 426 g/mol. The molecule has 25 heavy (non-hydrogen) atoms. The molecule has 3 rings (SSSR count). The van der Waals surface area contributed by atoms with E-state index >= 15 is 0 Å². The highest BCUT2D eigenvalue weighted by atomic mass is 79.9. The summed E-state index contributed by atoms with van der Waals surface area (Å²) in [6.45, 7) is 0.552. The van der Waals surface area contributed by atoms with Crippen LogP contribution in [0, 0.1) is 0 Å². The van der Waals surface area contributed by atoms with Crippen molar-refractivity contribution < 1.29 is 4.79 Å². The van der Waals surface area contributed by atoms with Crippen LogP contribution in [0.15, 0.2) is 58.2 Å². The summed E-state index contributed by atoms with van der Waals surface area (Å²) < 4.78 is 2.52. The van der Waals surface area contributed by atoms with Crippen LogP contribution in [-0.4, -0.2) is 31.9 Å². The van der Waals surface area contributed by atoms with Crippen molar-refractivity contribution in [2.24, 2.45) is 0 Å². The van der Waals surface area contributed by atoms with E-state index in [9.17, 15) is 4.79 Å². The molecule has 0 radical (unpaired) electrons. The first-order valence-electron chi connectivity index (χ1n) is 7.29. The molecule has 0 saturated heterocycles. The van der Waals surface area contributed by atoms with Gasteiger partial charge in [-0.3, -0.25) is 4.79 Å². The van der Waals surface area contributed by atoms with Crippen molar-refractivity contribution in [2.45, 2.75) is 11.7 Å². The van der Waals surface area contributed by atoms with Crippen LogP contribution in [0.2, 0.25) is 5.02 Å². The molecular formula is C16H13BrClN5OS. The fraction of sp³-hybridized carbons (Fsp3) is 0.125. The molecule has 0 fully saturated rings. The van der Waals surface area contributed by atoms with Crippen molar-refractivity contribution in [1.82, 2.24) is 20.2 Å². The number of carbonyl (C=O) groups is 1. The van der Waals surface area contributed by atoms with Gasteiger partial charge in [0.2, 0.25) is 11.1 Å². The van der Waals surface area contributed by atoms with Crippen LogP contribution >= 0.6 is 39.3 Å². The molecule has 3 aromatic rings. The molecule has 1 heterocycles. The number of halogens is 2. The molecule has 0 aliphatic carbocycles. The average molecular weight is 439 g/mol. The predicted octanol–water partition coefficient (Wildman–Crippen LogP) is 3.87. The van der Waals surface area contributed by atoms with Crippen molar-refractivity contribution in [1.29, 1.82) is 0 Å². The quantitative estimate of drug-likeness (QED) is 0.592. The number of hydrogen-bond acceptors (Lipinski definition) is 5. The fourth-order valence-electron chi connectivity index (χ4n) is 2.06. The number of hydrogen-bond donors (Lipinski definition) is 1. The Morgan fingerprint density at radius 2 is 2.04 bits per heavy atom. The Labute approximate surface area is 162 Å². The maximum atomic E-state index is 12.1. The maximum Gasteiger partial charge on any atom is 0.234 e. The van der Waals surface area contributed by atoms with Gasteiger partial charge in [0.05, 0.1) is 23.0 Å². The number of amides is 1. The standard InChI is InChI=1S/C16H13BrClN5OS/c17-12-6-7-14(13(18)8-12)19-15(24)10-25-16-20-21-22-23(16)9-11-4-2-1-3-5-11/h1-8H,9-10H2,(H,19,24). The molecule has 1 aromatic heterocycles. The first kappa shape index (κ1) is 17.9. The highest BCUT2D eigenvalue weighted by molar-refractivity contribution is 9.10. The van der Waals surface area contributed by atoms with E-state index in [1.807, 2.05) is 36.4 Å². The fourth-order valence-corrected chi connectivity index (χ4v) is 3.46. The topological polar surface area (TPSA) is 72.7 Å². The van der Waals surface area contributed by atoms with Gasteiger partial charge in [-0.2, -0.15) is 0 Å². The van der Waals surface area contributed by atoms with Gasteiger partial charge in [0.15, 0.2) is 0 Å². The molecule has 0 aliphatic rings. The van der Waals surface area contributed by atoms with Gasteiger partial charge in [-0.25, -0.2) is 4.68 Å². The highest BCUT2D eigenvalue weighted by Gasteiger charge is 2.12. The zero-order valence-corrected chi connectivity index (χ0v) is 16.1. The summed E-state index contributed by atoms with van der Waals surface area (Å²) in [5.74, 6) is 0.00477. The minimum atomic E-state index is -0.177. The third-order valence-corrected chi connectivity index (χ3v) is 4.97. The zero-order valence-electron chi connectivity index (χ0n) is 12.9. The van der Waals surface area contributed by atoms with E-state index in [0.717, 1.165) is 10.0 Å². The summed E-state index contributed by atoms with van der Waals surface area (Å²) in [5.41, 5.74) is 1.65. The summed E-state index contributed by atoms with van der Waals surface area (Å²) in [5, 5.41) is 15.5. The molecule has 0 unspecified atom stereocenters. The lowest BCUT2D eigenvalue weighted by Gasteiger charge is -2.07. The second-order valence-corrected chi connectivity index (χ2v) is 7.33. The lowest BCUT2D eigenvalue weighted by molar-refractivity contribution is -0.113. The van der Waals surface area contributed by atoms with Crippen LogP contribution in [0.1, 0.15) is 5.56 Å². The SMILES string of the molecule is O=C(CSc1nnnn1Cc1ccccc1)Nc1ccc(Br)cc1Cl. The summed E-state index contributed by atoms with van der Waals surface area (Å²) >= 11 is 10.7. The molecule has 0 spiro atoms. The Balaban J connectivity index is 1.58. The van der Waals surface area contributed by atoms with Crippen LogP contribution in [-0.2, 0) is 11.3 Å². The molecule has 1 amide bonds. The summed E-state index contributed by atoms with van der Waals surface area (Å²) in [4.78, 5) is 12.1. The van der Waals surface area contributed by atoms with Gasteiger partial charge < -0.3 is 5.32 Å². The Morgan fingerprint density at radius 1 is 1.24 bits per heavy atom. The van der Waals surface area contributed by atoms with Gasteiger partial charge in [0.1, 0.15) is 0 Å². The monoisotopic (exact) mass is 437 g/mol. The van der Waals surface area contributed by atoms with E-state index in [1.165, 1.54) is 11.8 Å². The number of tetrazole rings is 1. The third kappa shape index (κ3) is 5.04. The number of nitrogens with zero attached hydrogens (tertiary/aromatic N) is 4. The largest absolute Gasteiger partial charge is 0.324 e. The van der Waals surface area contributed by atoms with Gasteiger partial charge in [0.25, 0.3) is 0 Å². The second-order valence-electron chi connectivity index (χ2n) is 5.07. The van der Waals surface area contributed by atoms with Crippen LogP contribution in [0.4, 0.5) is 5.69 Å². The van der Waals surface area contributed by atoms with Crippen molar-refractivity contribution in [3.05, 3.63) is 63.6 Å². The second kappa shape index (κ2) is 8.46. The number of carbonyl (C=O) groups excluding carboxylic acids is 1. The number of rotatable bonds is 6. The van der Waals surface area contributed by atoms with Crippen LogP contribution in [0.25, 0.3) is 0 Å². The molecule has 9 heteroatoms. The molecule has 6 nitrogen and oxygen atoms in total. The highest BCUT2D eigenvalue weighted by Crippen LogP contribution is 2.26. The average Bonchev–Trinajstić information content (AvgIpc) is 3.03. The maximum absolute atomic E-state index is 12.1. The van der Waals surface area contributed by atoms with E-state index in [0.29, 0.717) is 22.4 Å². The van der Waals surface area contributed by atoms with Gasteiger partial charge >= 0.3 is 0 Å². The van der Waals surface area contributed by atoms with E-state index in [4.69, 9.17) is 11.6 Å². The normalized spacial score (nSPS) is 10.6. The molecule has 0 aliphatic heterocycles. The smallest absolute Gasteiger partial charge is 0.234 e. The first-order chi connectivity index (χ1) is 12.1. The Kier molecular flexibility index (Phi) is 6.06. The van der Waals surface area contributed by atoms with Gasteiger partial charge in [0, 0.05) is 4.47 Å². The first-order valence-corrected chi connectivity index (χ1v) is 9.45. The van der Waals surface area contributed by atoms with Gasteiger partial charge in [-0.15, -0.1) is 5.10 Å². The van der Waals surface area contributed by atoms with E-state index < -0.39 is 0 Å². The summed E-state index contributed by atoms with van der Waals surface area (Å²) in [7, 11) is 0. The number of nitrogens with one attached hydrogen (secondary N) is 1. The Morgan fingerprint density at radius 3 is 2.80 bits per heavy atom. The third-order valence-electron chi connectivity index (χ3n) is 3.21. The zero-order chi connectivity index (χ0) is 17.6. The van der Waals surface area contributed by atoms with Crippen LogP contribution in [0.3, 0.4) is 0 Å². The summed E-state index contributed by atoms with van der Waals surface area (Å²) in [6.07, 6.45) is 0. The van der Waals surface area contributed by atoms with Crippen molar-refractivity contribution in [2.75, 3.05) is 11.1 Å². The molecule has 128 valence electrons. The Hall–Kier alpha value is -1.90. The number of anilines is 1. The van der Waals surface area contributed by atoms with Crippen molar-refractivity contribution in [3.63, 3.8) is 0 Å². The van der Waals surface area contributed by atoms with E-state index in [1.54, 1.807) is 16.8 Å². The lowest BCUT2D eigenvalue weighted by atomic mass is 10.2.